The first-order valence-corrected chi connectivity index (χ1v) is 8.68. The second-order valence-electron chi connectivity index (χ2n) is 5.61. The molecule has 2 heterocycles. The van der Waals surface area contributed by atoms with E-state index in [0.29, 0.717) is 17.2 Å². The average Bonchev–Trinajstić information content (AvgIpc) is 3.25. The van der Waals surface area contributed by atoms with Crippen LogP contribution in [0.4, 0.5) is 0 Å². The highest BCUT2D eigenvalue weighted by molar-refractivity contribution is 7.18. The molecule has 0 saturated carbocycles. The van der Waals surface area contributed by atoms with Crippen molar-refractivity contribution >= 4 is 27.5 Å². The number of hydrogen-bond acceptors (Lipinski definition) is 6. The van der Waals surface area contributed by atoms with Crippen molar-refractivity contribution in [2.45, 2.75) is 13.0 Å². The third-order valence-electron chi connectivity index (χ3n) is 3.77. The van der Waals surface area contributed by atoms with Gasteiger partial charge in [-0.2, -0.15) is 0 Å². The maximum absolute atomic E-state index is 12.1. The SMILES string of the molecule is CC(NC(=O)COc1ccc2c(c1)OCO2)c1nc2ccccc2s1. The number of nitrogens with zero attached hydrogens (tertiary/aromatic N) is 1. The zero-order valence-electron chi connectivity index (χ0n) is 13.5. The van der Waals surface area contributed by atoms with Gasteiger partial charge < -0.3 is 19.5 Å². The number of para-hydroxylation sites is 1. The number of fused-ring (bicyclic) bond motifs is 2. The zero-order valence-corrected chi connectivity index (χ0v) is 14.3. The number of carbonyl (C=O) groups excluding carboxylic acids is 1. The molecule has 0 aliphatic carbocycles. The van der Waals surface area contributed by atoms with Crippen molar-refractivity contribution in [3.63, 3.8) is 0 Å². The summed E-state index contributed by atoms with van der Waals surface area (Å²) in [7, 11) is 0. The van der Waals surface area contributed by atoms with Crippen molar-refractivity contribution < 1.29 is 19.0 Å². The fraction of sp³-hybridized carbons (Fsp3) is 0.222. The quantitative estimate of drug-likeness (QED) is 0.760. The van der Waals surface area contributed by atoms with E-state index < -0.39 is 0 Å². The van der Waals surface area contributed by atoms with Gasteiger partial charge >= 0.3 is 0 Å². The lowest BCUT2D eigenvalue weighted by atomic mass is 10.3. The maximum atomic E-state index is 12.1. The van der Waals surface area contributed by atoms with Gasteiger partial charge in [-0.25, -0.2) is 4.98 Å². The Bertz CT molecular complexity index is 891. The molecule has 1 atom stereocenters. The molecular weight excluding hydrogens is 340 g/mol. The van der Waals surface area contributed by atoms with E-state index in [2.05, 4.69) is 10.3 Å². The predicted molar refractivity (Wildman–Crippen MR) is 94.2 cm³/mol. The monoisotopic (exact) mass is 356 g/mol. The van der Waals surface area contributed by atoms with E-state index >= 15 is 0 Å². The van der Waals surface area contributed by atoms with Crippen molar-refractivity contribution in [2.75, 3.05) is 13.4 Å². The van der Waals surface area contributed by atoms with Crippen molar-refractivity contribution in [1.82, 2.24) is 10.3 Å². The number of benzene rings is 2. The molecule has 1 unspecified atom stereocenters. The number of amides is 1. The number of nitrogens with one attached hydrogen (secondary N) is 1. The van der Waals surface area contributed by atoms with E-state index in [1.54, 1.807) is 29.5 Å². The van der Waals surface area contributed by atoms with Crippen LogP contribution in [0.2, 0.25) is 0 Å². The Morgan fingerprint density at radius 3 is 3.00 bits per heavy atom. The van der Waals surface area contributed by atoms with E-state index in [-0.39, 0.29) is 25.3 Å². The summed E-state index contributed by atoms with van der Waals surface area (Å²) in [6.45, 7) is 2.05. The van der Waals surface area contributed by atoms with Crippen molar-refractivity contribution in [3.05, 3.63) is 47.5 Å². The highest BCUT2D eigenvalue weighted by atomic mass is 32.1. The van der Waals surface area contributed by atoms with Gasteiger partial charge in [-0.15, -0.1) is 11.3 Å². The van der Waals surface area contributed by atoms with Gasteiger partial charge in [-0.3, -0.25) is 4.79 Å². The summed E-state index contributed by atoms with van der Waals surface area (Å²) in [5, 5.41) is 3.78. The molecule has 1 amide bonds. The number of aromatic nitrogens is 1. The summed E-state index contributed by atoms with van der Waals surface area (Å²) < 4.78 is 17.2. The van der Waals surface area contributed by atoms with E-state index in [0.717, 1.165) is 15.2 Å². The lowest BCUT2D eigenvalue weighted by Crippen LogP contribution is -2.31. The molecule has 0 bridgehead atoms. The van der Waals surface area contributed by atoms with Crippen LogP contribution in [-0.2, 0) is 4.79 Å². The Labute approximate surface area is 148 Å². The minimum absolute atomic E-state index is 0.0745. The highest BCUT2D eigenvalue weighted by Crippen LogP contribution is 2.35. The maximum Gasteiger partial charge on any atom is 0.258 e. The topological polar surface area (TPSA) is 69.7 Å². The fourth-order valence-electron chi connectivity index (χ4n) is 2.54. The first-order chi connectivity index (χ1) is 12.2. The Morgan fingerprint density at radius 1 is 1.28 bits per heavy atom. The Balaban J connectivity index is 1.35. The molecule has 0 radical (unpaired) electrons. The van der Waals surface area contributed by atoms with Crippen LogP contribution in [0.1, 0.15) is 18.0 Å². The van der Waals surface area contributed by atoms with Gasteiger partial charge in [0.1, 0.15) is 10.8 Å². The van der Waals surface area contributed by atoms with Gasteiger partial charge in [-0.05, 0) is 31.2 Å². The summed E-state index contributed by atoms with van der Waals surface area (Å²) >= 11 is 1.58. The predicted octanol–water partition coefficient (Wildman–Crippen LogP) is 3.28. The molecule has 1 aliphatic heterocycles. The largest absolute Gasteiger partial charge is 0.484 e. The van der Waals surface area contributed by atoms with E-state index in [9.17, 15) is 4.79 Å². The molecule has 3 aromatic rings. The second kappa shape index (κ2) is 6.60. The van der Waals surface area contributed by atoms with Gasteiger partial charge in [0.15, 0.2) is 18.1 Å². The third kappa shape index (κ3) is 3.36. The van der Waals surface area contributed by atoms with Crippen LogP contribution in [0.3, 0.4) is 0 Å². The van der Waals surface area contributed by atoms with Crippen LogP contribution in [0.25, 0.3) is 10.2 Å². The average molecular weight is 356 g/mol. The molecule has 0 spiro atoms. The summed E-state index contributed by atoms with van der Waals surface area (Å²) in [5.41, 5.74) is 0.945. The molecule has 6 nitrogen and oxygen atoms in total. The van der Waals surface area contributed by atoms with Crippen LogP contribution < -0.4 is 19.5 Å². The molecule has 1 aromatic heterocycles. The minimum Gasteiger partial charge on any atom is -0.484 e. The zero-order chi connectivity index (χ0) is 17.2. The normalized spacial score (nSPS) is 13.6. The Morgan fingerprint density at radius 2 is 2.12 bits per heavy atom. The van der Waals surface area contributed by atoms with Crippen LogP contribution >= 0.6 is 11.3 Å². The van der Waals surface area contributed by atoms with Gasteiger partial charge in [0, 0.05) is 6.07 Å². The van der Waals surface area contributed by atoms with Crippen LogP contribution in [0.5, 0.6) is 17.2 Å². The third-order valence-corrected chi connectivity index (χ3v) is 4.99. The molecule has 1 aliphatic rings. The summed E-state index contributed by atoms with van der Waals surface area (Å²) in [6, 6.07) is 13.0. The number of thiazole rings is 1. The number of carbonyl (C=O) groups is 1. The van der Waals surface area contributed by atoms with E-state index in [1.807, 2.05) is 31.2 Å². The van der Waals surface area contributed by atoms with E-state index in [4.69, 9.17) is 14.2 Å². The smallest absolute Gasteiger partial charge is 0.258 e. The van der Waals surface area contributed by atoms with Gasteiger partial charge in [0.05, 0.1) is 16.3 Å². The van der Waals surface area contributed by atoms with Crippen LogP contribution in [0, 0.1) is 0 Å². The van der Waals surface area contributed by atoms with Crippen molar-refractivity contribution in [2.24, 2.45) is 0 Å². The van der Waals surface area contributed by atoms with Crippen molar-refractivity contribution in [3.8, 4) is 17.2 Å². The number of rotatable bonds is 5. The Kier molecular flexibility index (Phi) is 4.15. The molecule has 25 heavy (non-hydrogen) atoms. The molecule has 4 rings (SSSR count). The van der Waals surface area contributed by atoms with Crippen LogP contribution in [0.15, 0.2) is 42.5 Å². The van der Waals surface area contributed by atoms with Gasteiger partial charge in [-0.1, -0.05) is 12.1 Å². The molecule has 0 fully saturated rings. The molecular formula is C18H16N2O4S. The standard InChI is InChI=1S/C18H16N2O4S/c1-11(18-20-13-4-2-3-5-16(13)25-18)19-17(21)9-22-12-6-7-14-15(8-12)24-10-23-14/h2-8,11H,9-10H2,1H3,(H,19,21). The lowest BCUT2D eigenvalue weighted by molar-refractivity contribution is -0.123. The van der Waals surface area contributed by atoms with Gasteiger partial charge in [0.2, 0.25) is 6.79 Å². The van der Waals surface area contributed by atoms with Crippen LogP contribution in [-0.4, -0.2) is 24.3 Å². The molecule has 0 saturated heterocycles. The minimum atomic E-state index is -0.204. The molecule has 128 valence electrons. The van der Waals surface area contributed by atoms with Gasteiger partial charge in [0.25, 0.3) is 5.91 Å². The molecule has 1 N–H and O–H groups in total. The first-order valence-electron chi connectivity index (χ1n) is 7.86. The molecule has 2 aromatic carbocycles. The summed E-state index contributed by atoms with van der Waals surface area (Å²) in [5.74, 6) is 1.67. The van der Waals surface area contributed by atoms with Crippen molar-refractivity contribution in [1.29, 1.82) is 0 Å². The first kappa shape index (κ1) is 15.7. The Hall–Kier alpha value is -2.80. The fourth-order valence-corrected chi connectivity index (χ4v) is 3.51. The number of ether oxygens (including phenoxy) is 3. The lowest BCUT2D eigenvalue weighted by Gasteiger charge is -2.12. The number of hydrogen-bond donors (Lipinski definition) is 1. The summed E-state index contributed by atoms with van der Waals surface area (Å²) in [6.07, 6.45) is 0. The second-order valence-corrected chi connectivity index (χ2v) is 6.67. The molecule has 7 heteroatoms. The summed E-state index contributed by atoms with van der Waals surface area (Å²) in [4.78, 5) is 16.7. The van der Waals surface area contributed by atoms with E-state index in [1.165, 1.54) is 0 Å². The highest BCUT2D eigenvalue weighted by Gasteiger charge is 2.16.